The maximum atomic E-state index is 12.3. The van der Waals surface area contributed by atoms with E-state index in [0.29, 0.717) is 6.54 Å². The van der Waals surface area contributed by atoms with Gasteiger partial charge in [-0.3, -0.25) is 0 Å². The second kappa shape index (κ2) is 6.10. The highest BCUT2D eigenvalue weighted by Gasteiger charge is 2.30. The van der Waals surface area contributed by atoms with Gasteiger partial charge in [-0.1, -0.05) is 18.0 Å². The molecule has 0 radical (unpaired) electrons. The first-order valence-electron chi connectivity index (χ1n) is 6.40. The van der Waals surface area contributed by atoms with Gasteiger partial charge in [0.25, 0.3) is 0 Å². The third-order valence-corrected chi connectivity index (χ3v) is 5.44. The van der Waals surface area contributed by atoms with E-state index in [2.05, 4.69) is 4.72 Å². The van der Waals surface area contributed by atoms with Gasteiger partial charge in [-0.25, -0.2) is 13.1 Å². The minimum Gasteiger partial charge on any atom is -0.330 e. The molecule has 2 rings (SSSR count). The van der Waals surface area contributed by atoms with Gasteiger partial charge in [0, 0.05) is 6.04 Å². The van der Waals surface area contributed by atoms with E-state index in [4.69, 9.17) is 22.6 Å². The second-order valence-electron chi connectivity index (χ2n) is 4.91. The lowest BCUT2D eigenvalue weighted by atomic mass is 10.1. The summed E-state index contributed by atoms with van der Waals surface area (Å²) in [6, 6.07) is 5.87. The molecular weight excluding hydrogens is 298 g/mol. The topological polar surface area (TPSA) is 96.0 Å². The van der Waals surface area contributed by atoms with Crippen LogP contribution in [0.2, 0.25) is 5.02 Å². The van der Waals surface area contributed by atoms with Crippen molar-refractivity contribution in [2.45, 2.75) is 30.2 Å². The van der Waals surface area contributed by atoms with Crippen LogP contribution in [0.15, 0.2) is 23.1 Å². The van der Waals surface area contributed by atoms with Crippen molar-refractivity contribution in [3.8, 4) is 6.07 Å². The Bertz CT molecular complexity index is 640. The zero-order valence-electron chi connectivity index (χ0n) is 10.8. The first-order valence-corrected chi connectivity index (χ1v) is 8.26. The highest BCUT2D eigenvalue weighted by molar-refractivity contribution is 7.89. The van der Waals surface area contributed by atoms with E-state index in [1.54, 1.807) is 0 Å². The van der Waals surface area contributed by atoms with Crippen molar-refractivity contribution >= 4 is 21.6 Å². The minimum absolute atomic E-state index is 0.0733. The lowest BCUT2D eigenvalue weighted by Crippen LogP contribution is -2.39. The minimum atomic E-state index is -3.63. The van der Waals surface area contributed by atoms with Crippen molar-refractivity contribution in [2.75, 3.05) is 6.54 Å². The molecule has 0 spiro atoms. The summed E-state index contributed by atoms with van der Waals surface area (Å²) in [5.41, 5.74) is 5.91. The van der Waals surface area contributed by atoms with Gasteiger partial charge >= 0.3 is 0 Å². The zero-order chi connectivity index (χ0) is 14.8. The van der Waals surface area contributed by atoms with Crippen molar-refractivity contribution < 1.29 is 8.42 Å². The number of rotatable bonds is 4. The second-order valence-corrected chi connectivity index (χ2v) is 7.03. The molecule has 0 aromatic heterocycles. The molecular formula is C13H16ClN3O2S. The molecule has 20 heavy (non-hydrogen) atoms. The molecule has 3 N–H and O–H groups in total. The van der Waals surface area contributed by atoms with Gasteiger partial charge in [-0.05, 0) is 43.5 Å². The number of hydrogen-bond donors (Lipinski definition) is 2. The average Bonchev–Trinajstić information content (AvgIpc) is 2.85. The number of sulfonamides is 1. The first-order chi connectivity index (χ1) is 9.47. The lowest BCUT2D eigenvalue weighted by Gasteiger charge is -2.19. The third-order valence-electron chi connectivity index (χ3n) is 3.64. The van der Waals surface area contributed by atoms with Gasteiger partial charge in [-0.2, -0.15) is 5.26 Å². The number of halogens is 1. The number of nitrogens with one attached hydrogen (secondary N) is 1. The van der Waals surface area contributed by atoms with Crippen molar-refractivity contribution in [3.63, 3.8) is 0 Å². The summed E-state index contributed by atoms with van der Waals surface area (Å²) in [7, 11) is -3.63. The summed E-state index contributed by atoms with van der Waals surface area (Å²) in [6.45, 7) is 0.474. The highest BCUT2D eigenvalue weighted by Crippen LogP contribution is 2.27. The Balaban J connectivity index is 2.23. The van der Waals surface area contributed by atoms with Gasteiger partial charge in [-0.15, -0.1) is 0 Å². The van der Waals surface area contributed by atoms with Crippen LogP contribution in [0.4, 0.5) is 0 Å². The van der Waals surface area contributed by atoms with Crippen LogP contribution in [-0.2, 0) is 10.0 Å². The largest absolute Gasteiger partial charge is 0.330 e. The fraction of sp³-hybridized carbons (Fsp3) is 0.462. The number of nitrogens with zero attached hydrogens (tertiary/aromatic N) is 1. The quantitative estimate of drug-likeness (QED) is 0.882. The van der Waals surface area contributed by atoms with E-state index < -0.39 is 10.0 Å². The Morgan fingerprint density at radius 2 is 2.20 bits per heavy atom. The number of nitriles is 1. The van der Waals surface area contributed by atoms with Gasteiger partial charge in [0.05, 0.1) is 15.5 Å². The van der Waals surface area contributed by atoms with E-state index in [1.165, 1.54) is 18.2 Å². The average molecular weight is 314 g/mol. The summed E-state index contributed by atoms with van der Waals surface area (Å²) >= 11 is 5.87. The fourth-order valence-electron chi connectivity index (χ4n) is 2.50. The van der Waals surface area contributed by atoms with Crippen LogP contribution in [0, 0.1) is 17.2 Å². The van der Waals surface area contributed by atoms with Crippen LogP contribution in [0.25, 0.3) is 0 Å². The Morgan fingerprint density at radius 1 is 1.45 bits per heavy atom. The summed E-state index contributed by atoms with van der Waals surface area (Å²) in [5.74, 6) is 0.179. The molecule has 1 fully saturated rings. The molecule has 0 bridgehead atoms. The summed E-state index contributed by atoms with van der Waals surface area (Å²) in [5, 5.41) is 8.93. The predicted molar refractivity (Wildman–Crippen MR) is 76.7 cm³/mol. The smallest absolute Gasteiger partial charge is 0.240 e. The molecule has 0 aliphatic heterocycles. The normalized spacial score (nSPS) is 22.6. The first kappa shape index (κ1) is 15.3. The fourth-order valence-corrected chi connectivity index (χ4v) is 4.15. The van der Waals surface area contributed by atoms with Crippen molar-refractivity contribution in [1.29, 1.82) is 5.26 Å². The van der Waals surface area contributed by atoms with Gasteiger partial charge < -0.3 is 5.73 Å². The molecule has 2 atom stereocenters. The van der Waals surface area contributed by atoms with Crippen LogP contribution in [0.1, 0.15) is 24.8 Å². The summed E-state index contributed by atoms with van der Waals surface area (Å²) in [4.78, 5) is 0.0733. The van der Waals surface area contributed by atoms with E-state index in [-0.39, 0.29) is 27.4 Å². The molecule has 1 aromatic carbocycles. The van der Waals surface area contributed by atoms with Crippen molar-refractivity contribution in [1.82, 2.24) is 4.72 Å². The zero-order valence-corrected chi connectivity index (χ0v) is 12.4. The third kappa shape index (κ3) is 3.13. The van der Waals surface area contributed by atoms with Gasteiger partial charge in [0.2, 0.25) is 10.0 Å². The summed E-state index contributed by atoms with van der Waals surface area (Å²) < 4.78 is 27.3. The van der Waals surface area contributed by atoms with Crippen LogP contribution >= 0.6 is 11.6 Å². The SMILES string of the molecule is N#Cc1ccc(S(=O)(=O)N[C@H]2CCC[C@@H]2CN)cc1Cl. The maximum Gasteiger partial charge on any atom is 0.240 e. The number of benzene rings is 1. The van der Waals surface area contributed by atoms with Crippen LogP contribution < -0.4 is 10.5 Å². The predicted octanol–water partition coefficient (Wildman–Crippen LogP) is 1.62. The molecule has 0 unspecified atom stereocenters. The van der Waals surface area contributed by atoms with E-state index in [0.717, 1.165) is 19.3 Å². The van der Waals surface area contributed by atoms with Crippen LogP contribution in [0.5, 0.6) is 0 Å². The molecule has 0 saturated heterocycles. The Hall–Kier alpha value is -1.13. The number of nitrogens with two attached hydrogens (primary N) is 1. The number of hydrogen-bond acceptors (Lipinski definition) is 4. The molecule has 5 nitrogen and oxygen atoms in total. The Morgan fingerprint density at radius 3 is 2.80 bits per heavy atom. The molecule has 108 valence electrons. The van der Waals surface area contributed by atoms with Crippen LogP contribution in [0.3, 0.4) is 0 Å². The lowest BCUT2D eigenvalue weighted by molar-refractivity contribution is 0.453. The van der Waals surface area contributed by atoms with Crippen LogP contribution in [-0.4, -0.2) is 21.0 Å². The molecule has 0 amide bonds. The molecule has 1 aliphatic carbocycles. The van der Waals surface area contributed by atoms with E-state index >= 15 is 0 Å². The van der Waals surface area contributed by atoms with Gasteiger partial charge in [0.15, 0.2) is 0 Å². The summed E-state index contributed by atoms with van der Waals surface area (Å²) in [6.07, 6.45) is 2.71. The standard InChI is InChI=1S/C13H16ClN3O2S/c14-12-6-11(5-4-9(12)7-15)20(18,19)17-13-3-1-2-10(13)8-16/h4-6,10,13,17H,1-3,8,16H2/t10-,13+/m1/s1. The molecule has 7 heteroatoms. The molecule has 1 saturated carbocycles. The molecule has 0 heterocycles. The Kier molecular flexibility index (Phi) is 4.66. The van der Waals surface area contributed by atoms with E-state index in [9.17, 15) is 8.42 Å². The van der Waals surface area contributed by atoms with Crippen molar-refractivity contribution in [3.05, 3.63) is 28.8 Å². The molecule has 1 aliphatic rings. The maximum absolute atomic E-state index is 12.3. The highest BCUT2D eigenvalue weighted by atomic mass is 35.5. The van der Waals surface area contributed by atoms with E-state index in [1.807, 2.05) is 6.07 Å². The van der Waals surface area contributed by atoms with Crippen molar-refractivity contribution in [2.24, 2.45) is 11.7 Å². The monoisotopic (exact) mass is 313 g/mol. The van der Waals surface area contributed by atoms with Gasteiger partial charge in [0.1, 0.15) is 6.07 Å². The molecule has 1 aromatic rings. The Labute approximate surface area is 123 Å².